The lowest BCUT2D eigenvalue weighted by Crippen LogP contribution is -2.24. The summed E-state index contributed by atoms with van der Waals surface area (Å²) in [5.74, 6) is 0.621. The lowest BCUT2D eigenvalue weighted by Gasteiger charge is -2.23. The third kappa shape index (κ3) is 4.35. The largest absolute Gasteiger partial charge is 0.379 e. The van der Waals surface area contributed by atoms with Crippen LogP contribution in [0, 0.1) is 5.92 Å². The third-order valence-electron chi connectivity index (χ3n) is 3.90. The molecule has 0 aromatic carbocycles. The molecule has 20 heavy (non-hydrogen) atoms. The summed E-state index contributed by atoms with van der Waals surface area (Å²) in [7, 11) is 0. The molecule has 2 rings (SSSR count). The molecular weight excluding hydrogens is 248 g/mol. The van der Waals surface area contributed by atoms with Crippen LogP contribution >= 0.6 is 0 Å². The van der Waals surface area contributed by atoms with Crippen LogP contribution in [-0.4, -0.2) is 24.3 Å². The first kappa shape index (κ1) is 15.6. The van der Waals surface area contributed by atoms with Crippen molar-refractivity contribution in [2.75, 3.05) is 19.8 Å². The van der Waals surface area contributed by atoms with Gasteiger partial charge in [-0.2, -0.15) is 0 Å². The van der Waals surface area contributed by atoms with Crippen molar-refractivity contribution in [2.45, 2.75) is 59.0 Å². The second kappa shape index (κ2) is 7.84. The molecule has 1 aromatic heterocycles. The fourth-order valence-corrected chi connectivity index (χ4v) is 2.90. The highest BCUT2D eigenvalue weighted by Gasteiger charge is 2.21. The van der Waals surface area contributed by atoms with E-state index in [2.05, 4.69) is 43.0 Å². The number of hydrogen-bond acceptors (Lipinski definition) is 2. The molecule has 0 amide bonds. The molecule has 1 atom stereocenters. The van der Waals surface area contributed by atoms with E-state index in [1.807, 2.05) is 0 Å². The Morgan fingerprint density at radius 3 is 3.00 bits per heavy atom. The second-order valence-corrected chi connectivity index (χ2v) is 6.34. The minimum Gasteiger partial charge on any atom is -0.379 e. The lowest BCUT2D eigenvalue weighted by molar-refractivity contribution is 0.103. The van der Waals surface area contributed by atoms with E-state index in [9.17, 15) is 0 Å². The smallest absolute Gasteiger partial charge is 0.0645 e. The highest BCUT2D eigenvalue weighted by Crippen LogP contribution is 2.30. The van der Waals surface area contributed by atoms with Gasteiger partial charge < -0.3 is 14.6 Å². The van der Waals surface area contributed by atoms with Gasteiger partial charge in [-0.05, 0) is 49.3 Å². The summed E-state index contributed by atoms with van der Waals surface area (Å²) < 4.78 is 8.00. The van der Waals surface area contributed by atoms with E-state index >= 15 is 0 Å². The molecule has 0 fully saturated rings. The molecule has 3 heteroatoms. The van der Waals surface area contributed by atoms with E-state index in [1.54, 1.807) is 0 Å². The van der Waals surface area contributed by atoms with Gasteiger partial charge in [0, 0.05) is 31.6 Å². The van der Waals surface area contributed by atoms with Crippen LogP contribution in [0.3, 0.4) is 0 Å². The summed E-state index contributed by atoms with van der Waals surface area (Å²) in [6.07, 6.45) is 9.69. The number of nitrogens with one attached hydrogen (secondary N) is 1. The summed E-state index contributed by atoms with van der Waals surface area (Å²) in [5.41, 5.74) is 3.06. The summed E-state index contributed by atoms with van der Waals surface area (Å²) in [5, 5.41) is 3.68. The summed E-state index contributed by atoms with van der Waals surface area (Å²) in [6, 6.07) is 0.566. The highest BCUT2D eigenvalue weighted by atomic mass is 16.5. The Labute approximate surface area is 123 Å². The first-order chi connectivity index (χ1) is 9.70. The van der Waals surface area contributed by atoms with Gasteiger partial charge in [0.1, 0.15) is 0 Å². The van der Waals surface area contributed by atoms with Gasteiger partial charge in [0.25, 0.3) is 0 Å². The number of nitrogens with zero attached hydrogens (tertiary/aromatic N) is 1. The van der Waals surface area contributed by atoms with E-state index in [4.69, 9.17) is 4.74 Å². The van der Waals surface area contributed by atoms with Crippen LogP contribution in [0.2, 0.25) is 0 Å². The van der Waals surface area contributed by atoms with Gasteiger partial charge >= 0.3 is 0 Å². The Bertz CT molecular complexity index is 398. The van der Waals surface area contributed by atoms with Crippen molar-refractivity contribution in [3.8, 4) is 0 Å². The quantitative estimate of drug-likeness (QED) is 0.736. The number of hydrogen-bond donors (Lipinski definition) is 1. The zero-order chi connectivity index (χ0) is 14.4. The van der Waals surface area contributed by atoms with Crippen LogP contribution < -0.4 is 5.32 Å². The van der Waals surface area contributed by atoms with Crippen molar-refractivity contribution in [3.63, 3.8) is 0 Å². The standard InChI is InChI=1S/C17H30N2O/c1-4-8-18-17-7-5-6-15-11-19(12-16(15)17)9-10-20-13-14(2)3/h11-12,14,17-18H,4-10,13H2,1-3H3. The first-order valence-corrected chi connectivity index (χ1v) is 8.20. The Hall–Kier alpha value is -0.800. The molecule has 0 aliphatic heterocycles. The molecule has 1 aromatic rings. The molecule has 0 radical (unpaired) electrons. The van der Waals surface area contributed by atoms with Gasteiger partial charge in [-0.3, -0.25) is 0 Å². The maximum atomic E-state index is 5.69. The average molecular weight is 278 g/mol. The van der Waals surface area contributed by atoms with Gasteiger partial charge in [-0.25, -0.2) is 0 Å². The summed E-state index contributed by atoms with van der Waals surface area (Å²) >= 11 is 0. The van der Waals surface area contributed by atoms with Crippen LogP contribution in [-0.2, 0) is 17.7 Å². The van der Waals surface area contributed by atoms with Gasteiger partial charge in [0.05, 0.1) is 6.61 Å². The number of fused-ring (bicyclic) bond motifs is 1. The van der Waals surface area contributed by atoms with Gasteiger partial charge in [-0.15, -0.1) is 0 Å². The predicted octanol–water partition coefficient (Wildman–Crippen LogP) is 3.54. The fourth-order valence-electron chi connectivity index (χ4n) is 2.90. The van der Waals surface area contributed by atoms with Crippen molar-refractivity contribution >= 4 is 0 Å². The molecule has 1 heterocycles. The monoisotopic (exact) mass is 278 g/mol. The molecule has 0 saturated heterocycles. The molecule has 1 unspecified atom stereocenters. The van der Waals surface area contributed by atoms with Gasteiger partial charge in [0.2, 0.25) is 0 Å². The van der Waals surface area contributed by atoms with Crippen LogP contribution in [0.15, 0.2) is 12.4 Å². The number of rotatable bonds is 8. The Kier molecular flexibility index (Phi) is 6.11. The molecule has 0 bridgehead atoms. The minimum absolute atomic E-state index is 0.566. The van der Waals surface area contributed by atoms with Crippen LogP contribution in [0.4, 0.5) is 0 Å². The normalized spacial score (nSPS) is 18.5. The number of aryl methyl sites for hydroxylation is 1. The zero-order valence-corrected chi connectivity index (χ0v) is 13.3. The molecule has 1 aliphatic rings. The predicted molar refractivity (Wildman–Crippen MR) is 84.1 cm³/mol. The maximum absolute atomic E-state index is 5.69. The minimum atomic E-state index is 0.566. The summed E-state index contributed by atoms with van der Waals surface area (Å²) in [6.45, 7) is 10.4. The fraction of sp³-hybridized carbons (Fsp3) is 0.765. The zero-order valence-electron chi connectivity index (χ0n) is 13.3. The highest BCUT2D eigenvalue weighted by molar-refractivity contribution is 5.30. The van der Waals surface area contributed by atoms with E-state index < -0.39 is 0 Å². The van der Waals surface area contributed by atoms with Crippen molar-refractivity contribution in [3.05, 3.63) is 23.5 Å². The molecule has 3 nitrogen and oxygen atoms in total. The topological polar surface area (TPSA) is 26.2 Å². The summed E-state index contributed by atoms with van der Waals surface area (Å²) in [4.78, 5) is 0. The third-order valence-corrected chi connectivity index (χ3v) is 3.90. The Balaban J connectivity index is 1.88. The first-order valence-electron chi connectivity index (χ1n) is 8.20. The molecule has 114 valence electrons. The van der Waals surface area contributed by atoms with Crippen molar-refractivity contribution < 1.29 is 4.74 Å². The maximum Gasteiger partial charge on any atom is 0.0645 e. The van der Waals surface area contributed by atoms with Gasteiger partial charge in [0.15, 0.2) is 0 Å². The molecule has 1 aliphatic carbocycles. The Morgan fingerprint density at radius 1 is 1.40 bits per heavy atom. The number of aromatic nitrogens is 1. The SMILES string of the molecule is CCCNC1CCCc2cn(CCOCC(C)C)cc21. The van der Waals surface area contributed by atoms with E-state index in [0.29, 0.717) is 12.0 Å². The van der Waals surface area contributed by atoms with Crippen LogP contribution in [0.1, 0.15) is 57.2 Å². The molecule has 0 saturated carbocycles. The van der Waals surface area contributed by atoms with Gasteiger partial charge in [-0.1, -0.05) is 20.8 Å². The molecular formula is C17H30N2O. The lowest BCUT2D eigenvalue weighted by atomic mass is 9.91. The van der Waals surface area contributed by atoms with Crippen molar-refractivity contribution in [1.29, 1.82) is 0 Å². The van der Waals surface area contributed by atoms with E-state index in [0.717, 1.165) is 26.3 Å². The van der Waals surface area contributed by atoms with E-state index in [1.165, 1.54) is 36.8 Å². The average Bonchev–Trinajstić information content (AvgIpc) is 2.84. The van der Waals surface area contributed by atoms with Crippen LogP contribution in [0.25, 0.3) is 0 Å². The van der Waals surface area contributed by atoms with Crippen molar-refractivity contribution in [2.24, 2.45) is 5.92 Å². The molecule has 1 N–H and O–H groups in total. The Morgan fingerprint density at radius 2 is 2.25 bits per heavy atom. The second-order valence-electron chi connectivity index (χ2n) is 6.34. The van der Waals surface area contributed by atoms with Crippen molar-refractivity contribution in [1.82, 2.24) is 9.88 Å². The molecule has 0 spiro atoms. The number of ether oxygens (including phenoxy) is 1. The van der Waals surface area contributed by atoms with E-state index in [-0.39, 0.29) is 0 Å². The van der Waals surface area contributed by atoms with Crippen LogP contribution in [0.5, 0.6) is 0 Å².